The van der Waals surface area contributed by atoms with Gasteiger partial charge in [0, 0.05) is 5.92 Å². The van der Waals surface area contributed by atoms with Gasteiger partial charge in [0.05, 0.1) is 26.2 Å². The molecule has 7 heteroatoms. The average Bonchev–Trinajstić information content (AvgIpc) is 2.53. The number of carbonyl (C=O) groups excluding carboxylic acids is 1. The molecule has 7 nitrogen and oxygen atoms in total. The minimum Gasteiger partial charge on any atom is -0.497 e. The van der Waals surface area contributed by atoms with Crippen molar-refractivity contribution in [3.05, 3.63) is 29.8 Å². The second-order valence-corrected chi connectivity index (χ2v) is 5.42. The number of hydrazone groups is 1. The number of hydrogen-bond donors (Lipinski definition) is 2. The first-order chi connectivity index (χ1) is 11.4. The number of rotatable bonds is 9. The van der Waals surface area contributed by atoms with Crippen LogP contribution in [0.4, 0.5) is 0 Å². The van der Waals surface area contributed by atoms with E-state index in [1.165, 1.54) is 0 Å². The number of carbonyl (C=O) groups is 2. The molecule has 0 fully saturated rings. The molecule has 0 amide bonds. The van der Waals surface area contributed by atoms with Crippen LogP contribution in [0.5, 0.6) is 5.75 Å². The molecule has 1 atom stereocenters. The van der Waals surface area contributed by atoms with E-state index in [1.54, 1.807) is 52.1 Å². The van der Waals surface area contributed by atoms with Crippen molar-refractivity contribution in [3.8, 4) is 5.75 Å². The molecule has 1 aromatic rings. The van der Waals surface area contributed by atoms with Gasteiger partial charge in [-0.25, -0.2) is 4.79 Å². The van der Waals surface area contributed by atoms with Crippen LogP contribution in [-0.4, -0.2) is 36.5 Å². The molecule has 0 aliphatic heterocycles. The number of esters is 1. The van der Waals surface area contributed by atoms with Gasteiger partial charge in [-0.1, -0.05) is 26.0 Å². The smallest absolute Gasteiger partial charge is 0.352 e. The van der Waals surface area contributed by atoms with Gasteiger partial charge in [0.15, 0.2) is 0 Å². The van der Waals surface area contributed by atoms with E-state index in [4.69, 9.17) is 9.47 Å². The molecule has 1 aromatic carbocycles. The number of aliphatic carboxylic acids is 1. The Morgan fingerprint density at radius 1 is 1.25 bits per heavy atom. The van der Waals surface area contributed by atoms with Gasteiger partial charge in [0.2, 0.25) is 0 Å². The fourth-order valence-corrected chi connectivity index (χ4v) is 2.03. The molecule has 0 bridgehead atoms. The fraction of sp³-hybridized carbons (Fsp3) is 0.471. The van der Waals surface area contributed by atoms with E-state index < -0.39 is 12.0 Å². The van der Waals surface area contributed by atoms with Gasteiger partial charge in [-0.3, -0.25) is 4.79 Å². The Labute approximate surface area is 141 Å². The van der Waals surface area contributed by atoms with Gasteiger partial charge < -0.3 is 20.0 Å². The van der Waals surface area contributed by atoms with Gasteiger partial charge in [-0.05, 0) is 24.6 Å². The summed E-state index contributed by atoms with van der Waals surface area (Å²) in [5.74, 6) is -1.05. The second-order valence-electron chi connectivity index (χ2n) is 5.42. The predicted molar refractivity (Wildman–Crippen MR) is 90.0 cm³/mol. The van der Waals surface area contributed by atoms with Gasteiger partial charge in [0.25, 0.3) is 0 Å². The molecule has 2 N–H and O–H groups in total. The van der Waals surface area contributed by atoms with E-state index in [0.29, 0.717) is 5.75 Å². The van der Waals surface area contributed by atoms with E-state index in [1.807, 2.05) is 0 Å². The van der Waals surface area contributed by atoms with Crippen molar-refractivity contribution in [3.63, 3.8) is 0 Å². The van der Waals surface area contributed by atoms with E-state index in [0.717, 1.165) is 5.56 Å². The minimum absolute atomic E-state index is 0.00243. The topological polar surface area (TPSA) is 97.2 Å². The Morgan fingerprint density at radius 2 is 1.88 bits per heavy atom. The molecule has 0 aliphatic rings. The van der Waals surface area contributed by atoms with Crippen molar-refractivity contribution >= 4 is 17.7 Å². The fourth-order valence-electron chi connectivity index (χ4n) is 2.03. The van der Waals surface area contributed by atoms with Crippen LogP contribution < -0.4 is 10.2 Å². The van der Waals surface area contributed by atoms with Crippen LogP contribution in [0.3, 0.4) is 0 Å². The number of carboxylic acids is 1. The number of hydrogen-bond acceptors (Lipinski definition) is 6. The highest BCUT2D eigenvalue weighted by Gasteiger charge is 2.19. The minimum atomic E-state index is -1.10. The van der Waals surface area contributed by atoms with E-state index >= 15 is 0 Å². The van der Waals surface area contributed by atoms with Crippen LogP contribution in [-0.2, 0) is 14.3 Å². The first-order valence-electron chi connectivity index (χ1n) is 7.75. The van der Waals surface area contributed by atoms with Crippen molar-refractivity contribution in [1.82, 2.24) is 5.43 Å². The summed E-state index contributed by atoms with van der Waals surface area (Å²) in [6, 6.07) is 6.61. The molecule has 132 valence electrons. The highest BCUT2D eigenvalue weighted by atomic mass is 16.5. The number of ether oxygens (including phenoxy) is 2. The number of nitrogens with zero attached hydrogens (tertiary/aromatic N) is 1. The molecule has 24 heavy (non-hydrogen) atoms. The van der Waals surface area contributed by atoms with Crippen LogP contribution >= 0.6 is 0 Å². The summed E-state index contributed by atoms with van der Waals surface area (Å²) in [6.45, 7) is 5.49. The lowest BCUT2D eigenvalue weighted by molar-refractivity contribution is -0.143. The second kappa shape index (κ2) is 9.54. The Morgan fingerprint density at radius 3 is 2.33 bits per heavy atom. The highest BCUT2D eigenvalue weighted by molar-refractivity contribution is 6.36. The first kappa shape index (κ1) is 19.5. The highest BCUT2D eigenvalue weighted by Crippen LogP contribution is 2.21. The number of carboxylic acid groups (broad SMARTS) is 1. The predicted octanol–water partition coefficient (Wildman–Crippen LogP) is 2.38. The first-order valence-corrected chi connectivity index (χ1v) is 7.75. The molecule has 0 saturated carbocycles. The van der Waals surface area contributed by atoms with Gasteiger partial charge >= 0.3 is 11.9 Å². The van der Waals surface area contributed by atoms with E-state index in [9.17, 15) is 14.7 Å². The van der Waals surface area contributed by atoms with Crippen molar-refractivity contribution in [2.75, 3.05) is 13.7 Å². The molecule has 1 rings (SSSR count). The summed E-state index contributed by atoms with van der Waals surface area (Å²) < 4.78 is 10.1. The van der Waals surface area contributed by atoms with E-state index in [2.05, 4.69) is 10.5 Å². The van der Waals surface area contributed by atoms with Crippen LogP contribution in [0.2, 0.25) is 0 Å². The van der Waals surface area contributed by atoms with Crippen molar-refractivity contribution in [2.24, 2.45) is 11.0 Å². The van der Waals surface area contributed by atoms with Crippen LogP contribution in [0.15, 0.2) is 29.4 Å². The summed E-state index contributed by atoms with van der Waals surface area (Å²) >= 11 is 0. The molecule has 0 heterocycles. The maximum absolute atomic E-state index is 11.8. The largest absolute Gasteiger partial charge is 0.497 e. The van der Waals surface area contributed by atoms with Crippen molar-refractivity contribution < 1.29 is 24.2 Å². The summed E-state index contributed by atoms with van der Waals surface area (Å²) in [4.78, 5) is 23.0. The molecule has 0 spiro atoms. The monoisotopic (exact) mass is 336 g/mol. The van der Waals surface area contributed by atoms with Gasteiger partial charge in [0.1, 0.15) is 11.5 Å². The average molecular weight is 336 g/mol. The Kier molecular flexibility index (Phi) is 7.74. The number of nitrogens with one attached hydrogen (secondary N) is 1. The SMILES string of the molecule is CCOC(=O)CC(NN=C(C(=O)O)C(C)C)c1ccc(OC)cc1. The molecule has 0 aliphatic carbocycles. The zero-order valence-electron chi connectivity index (χ0n) is 14.4. The lowest BCUT2D eigenvalue weighted by Crippen LogP contribution is -2.27. The van der Waals surface area contributed by atoms with Gasteiger partial charge in [-0.15, -0.1) is 0 Å². The maximum atomic E-state index is 11.8. The normalized spacial score (nSPS) is 12.6. The third-order valence-corrected chi connectivity index (χ3v) is 3.30. The van der Waals surface area contributed by atoms with Crippen molar-refractivity contribution in [1.29, 1.82) is 0 Å². The van der Waals surface area contributed by atoms with Crippen LogP contribution in [0.1, 0.15) is 38.8 Å². The number of methoxy groups -OCH3 is 1. The standard InChI is InChI=1S/C17H24N2O5/c1-5-24-15(20)10-14(12-6-8-13(23-4)9-7-12)18-19-16(11(2)3)17(21)22/h6-9,11,14,18H,5,10H2,1-4H3,(H,21,22). The van der Waals surface area contributed by atoms with Crippen LogP contribution in [0.25, 0.3) is 0 Å². The molecule has 0 radical (unpaired) electrons. The third kappa shape index (κ3) is 5.91. The molecule has 0 saturated heterocycles. The zero-order chi connectivity index (χ0) is 18.1. The molecule has 1 unspecified atom stereocenters. The summed E-state index contributed by atoms with van der Waals surface area (Å²) in [7, 11) is 1.56. The molecule has 0 aromatic heterocycles. The van der Waals surface area contributed by atoms with Crippen molar-refractivity contribution in [2.45, 2.75) is 33.2 Å². The zero-order valence-corrected chi connectivity index (χ0v) is 14.4. The maximum Gasteiger partial charge on any atom is 0.352 e. The Bertz CT molecular complexity index is 581. The van der Waals surface area contributed by atoms with Crippen LogP contribution in [0, 0.1) is 5.92 Å². The van der Waals surface area contributed by atoms with Gasteiger partial charge in [-0.2, -0.15) is 5.10 Å². The quantitative estimate of drug-likeness (QED) is 0.408. The number of benzene rings is 1. The third-order valence-electron chi connectivity index (χ3n) is 3.30. The Hall–Kier alpha value is -2.57. The Balaban J connectivity index is 3.01. The lowest BCUT2D eigenvalue weighted by Gasteiger charge is -2.18. The summed E-state index contributed by atoms with van der Waals surface area (Å²) in [5.41, 5.74) is 3.57. The molecular formula is C17H24N2O5. The summed E-state index contributed by atoms with van der Waals surface area (Å²) in [6.07, 6.45) is 0.0364. The molecular weight excluding hydrogens is 312 g/mol. The summed E-state index contributed by atoms with van der Waals surface area (Å²) in [5, 5.41) is 13.2. The van der Waals surface area contributed by atoms with E-state index in [-0.39, 0.29) is 30.6 Å². The lowest BCUT2D eigenvalue weighted by atomic mass is 10.0.